The summed E-state index contributed by atoms with van der Waals surface area (Å²) in [5.74, 6) is -2.62. The van der Waals surface area contributed by atoms with Crippen molar-refractivity contribution in [3.05, 3.63) is 6.10 Å². The van der Waals surface area contributed by atoms with E-state index < -0.39 is 48.2 Å². The van der Waals surface area contributed by atoms with E-state index >= 15 is 0 Å². The van der Waals surface area contributed by atoms with Gasteiger partial charge >= 0.3 is 17.9 Å². The molecule has 4 atom stereocenters. The molecule has 10 heteroatoms. The molecule has 0 aromatic carbocycles. The standard InChI is InChI=1S/C15H20NO9/c1-7(18)16-13-11(5-17)25-12(6-22-8(2)19)14(23-9(3)20)15(13)24-10(4)21/h5,11-14H,6H2,1-4H3,(H,16,18)/t11-,12+,13+,14-/m0/s1. The second kappa shape index (κ2) is 9.11. The molecule has 0 spiro atoms. The van der Waals surface area contributed by atoms with Crippen molar-refractivity contribution in [1.82, 2.24) is 5.32 Å². The highest BCUT2D eigenvalue weighted by molar-refractivity contribution is 5.75. The molecule has 0 bridgehead atoms. The number of amides is 1. The lowest BCUT2D eigenvalue weighted by Gasteiger charge is -2.42. The molecule has 25 heavy (non-hydrogen) atoms. The lowest BCUT2D eigenvalue weighted by Crippen LogP contribution is -2.62. The number of nitrogens with one attached hydrogen (secondary N) is 1. The van der Waals surface area contributed by atoms with Crippen molar-refractivity contribution in [2.45, 2.75) is 52.0 Å². The molecular weight excluding hydrogens is 338 g/mol. The summed E-state index contributed by atoms with van der Waals surface area (Å²) < 4.78 is 20.5. The van der Waals surface area contributed by atoms with E-state index in [2.05, 4.69) is 5.32 Å². The third-order valence-electron chi connectivity index (χ3n) is 3.08. The van der Waals surface area contributed by atoms with Gasteiger partial charge in [-0.3, -0.25) is 19.2 Å². The summed E-state index contributed by atoms with van der Waals surface area (Å²) >= 11 is 0. The van der Waals surface area contributed by atoms with Gasteiger partial charge in [-0.25, -0.2) is 0 Å². The Balaban J connectivity index is 3.20. The van der Waals surface area contributed by atoms with Gasteiger partial charge in [0.1, 0.15) is 24.9 Å². The first-order valence-electron chi connectivity index (χ1n) is 7.39. The fourth-order valence-electron chi connectivity index (χ4n) is 2.28. The first-order chi connectivity index (χ1) is 11.6. The molecule has 1 N–H and O–H groups in total. The molecule has 0 aliphatic carbocycles. The Bertz CT molecular complexity index is 547. The quantitative estimate of drug-likeness (QED) is 0.362. The van der Waals surface area contributed by atoms with Crippen molar-refractivity contribution in [3.8, 4) is 0 Å². The topological polar surface area (TPSA) is 134 Å². The molecule has 0 aromatic heterocycles. The molecule has 1 amide bonds. The smallest absolute Gasteiger partial charge is 0.303 e. The van der Waals surface area contributed by atoms with Gasteiger partial charge in [0.15, 0.2) is 12.4 Å². The van der Waals surface area contributed by atoms with E-state index in [0.717, 1.165) is 20.8 Å². The van der Waals surface area contributed by atoms with Gasteiger partial charge in [-0.2, -0.15) is 0 Å². The third kappa shape index (κ3) is 6.14. The maximum atomic E-state index is 11.4. The minimum Gasteiger partial charge on any atom is -0.463 e. The number of aldehydes is 1. The van der Waals surface area contributed by atoms with Crippen LogP contribution in [0.2, 0.25) is 0 Å². The van der Waals surface area contributed by atoms with E-state index in [0.29, 0.717) is 6.29 Å². The predicted octanol–water partition coefficient (Wildman–Crippen LogP) is -0.953. The molecule has 1 radical (unpaired) electrons. The maximum Gasteiger partial charge on any atom is 0.303 e. The molecule has 0 aromatic rings. The molecule has 10 nitrogen and oxygen atoms in total. The molecule has 1 aliphatic heterocycles. The van der Waals surface area contributed by atoms with Crippen LogP contribution in [0.1, 0.15) is 27.7 Å². The van der Waals surface area contributed by atoms with Gasteiger partial charge in [-0.1, -0.05) is 0 Å². The van der Waals surface area contributed by atoms with Gasteiger partial charge in [0, 0.05) is 27.7 Å². The van der Waals surface area contributed by atoms with Gasteiger partial charge in [0.05, 0.1) is 0 Å². The molecule has 1 fully saturated rings. The van der Waals surface area contributed by atoms with Crippen LogP contribution in [0.3, 0.4) is 0 Å². The summed E-state index contributed by atoms with van der Waals surface area (Å²) in [5.41, 5.74) is 0. The average Bonchev–Trinajstić information content (AvgIpc) is 2.48. The number of carbonyl (C=O) groups excluding carboxylic acids is 5. The zero-order valence-corrected chi connectivity index (χ0v) is 14.3. The number of rotatable bonds is 6. The first kappa shape index (κ1) is 20.6. The highest BCUT2D eigenvalue weighted by Gasteiger charge is 2.51. The molecule has 0 unspecified atom stereocenters. The molecular formula is C15H20NO9. The number of esters is 3. The lowest BCUT2D eigenvalue weighted by molar-refractivity contribution is -0.197. The third-order valence-corrected chi connectivity index (χ3v) is 3.08. The highest BCUT2D eigenvalue weighted by Crippen LogP contribution is 2.31. The minimum absolute atomic E-state index is 0.182. The number of carbonyl (C=O) groups is 5. The second-order valence-corrected chi connectivity index (χ2v) is 5.28. The maximum absolute atomic E-state index is 11.4. The predicted molar refractivity (Wildman–Crippen MR) is 79.5 cm³/mol. The zero-order chi connectivity index (χ0) is 19.1. The zero-order valence-electron chi connectivity index (χ0n) is 14.3. The normalized spacial score (nSPS) is 26.2. The second-order valence-electron chi connectivity index (χ2n) is 5.28. The van der Waals surface area contributed by atoms with E-state index in [1.165, 1.54) is 6.92 Å². The van der Waals surface area contributed by atoms with Crippen molar-refractivity contribution in [1.29, 1.82) is 0 Å². The monoisotopic (exact) mass is 358 g/mol. The van der Waals surface area contributed by atoms with Crippen molar-refractivity contribution < 1.29 is 42.9 Å². The molecule has 1 rings (SSSR count). The Morgan fingerprint density at radius 1 is 1.08 bits per heavy atom. The summed E-state index contributed by atoms with van der Waals surface area (Å²) in [6.07, 6.45) is -3.38. The average molecular weight is 358 g/mol. The summed E-state index contributed by atoms with van der Waals surface area (Å²) in [4.78, 5) is 56.6. The lowest BCUT2D eigenvalue weighted by atomic mass is 9.92. The van der Waals surface area contributed by atoms with Crippen LogP contribution < -0.4 is 5.32 Å². The van der Waals surface area contributed by atoms with E-state index in [4.69, 9.17) is 18.9 Å². The summed E-state index contributed by atoms with van der Waals surface area (Å²) in [7, 11) is 0. The fraction of sp³-hybridized carbons (Fsp3) is 0.600. The van der Waals surface area contributed by atoms with Crippen molar-refractivity contribution in [3.63, 3.8) is 0 Å². The Morgan fingerprint density at radius 2 is 1.72 bits per heavy atom. The van der Waals surface area contributed by atoms with Crippen LogP contribution in [0.4, 0.5) is 0 Å². The summed E-state index contributed by atoms with van der Waals surface area (Å²) in [6, 6.07) is -1.16. The van der Waals surface area contributed by atoms with Gasteiger partial charge < -0.3 is 29.1 Å². The van der Waals surface area contributed by atoms with E-state index in [1.54, 1.807) is 0 Å². The van der Waals surface area contributed by atoms with Crippen LogP contribution >= 0.6 is 0 Å². The van der Waals surface area contributed by atoms with Crippen molar-refractivity contribution in [2.75, 3.05) is 6.61 Å². The van der Waals surface area contributed by atoms with E-state index in [9.17, 15) is 24.0 Å². The van der Waals surface area contributed by atoms with E-state index in [-0.39, 0.29) is 12.7 Å². The minimum atomic E-state index is -1.27. The van der Waals surface area contributed by atoms with Gasteiger partial charge in [0.2, 0.25) is 12.0 Å². The number of hydrogen-bond acceptors (Lipinski definition) is 9. The number of ether oxygens (including phenoxy) is 4. The Hall–Kier alpha value is -2.49. The molecule has 0 saturated carbocycles. The summed E-state index contributed by atoms with van der Waals surface area (Å²) in [6.45, 7) is 4.23. The van der Waals surface area contributed by atoms with Crippen LogP contribution in [-0.4, -0.2) is 61.1 Å². The van der Waals surface area contributed by atoms with Crippen LogP contribution in [0.25, 0.3) is 0 Å². The molecule has 1 aliphatic rings. The molecule has 1 saturated heterocycles. The summed E-state index contributed by atoms with van der Waals surface area (Å²) in [5, 5.41) is 2.42. The Labute approximate surface area is 144 Å². The molecule has 139 valence electrons. The van der Waals surface area contributed by atoms with Crippen LogP contribution in [0, 0.1) is 6.10 Å². The van der Waals surface area contributed by atoms with Crippen molar-refractivity contribution >= 4 is 30.1 Å². The van der Waals surface area contributed by atoms with Gasteiger partial charge in [-0.15, -0.1) is 0 Å². The van der Waals surface area contributed by atoms with Gasteiger partial charge in [-0.05, 0) is 0 Å². The number of hydrogen-bond donors (Lipinski definition) is 1. The van der Waals surface area contributed by atoms with Crippen LogP contribution in [0.5, 0.6) is 0 Å². The highest BCUT2D eigenvalue weighted by atomic mass is 16.6. The van der Waals surface area contributed by atoms with E-state index in [1.807, 2.05) is 0 Å². The SMILES string of the molecule is CC(=O)N[C@H]1[C](OC(C)=O)[C@@H](OC(C)=O)[C@@H](COC(C)=O)O[C@H]1C=O. The molecule has 1 heterocycles. The van der Waals surface area contributed by atoms with Crippen LogP contribution in [0.15, 0.2) is 0 Å². The fourth-order valence-corrected chi connectivity index (χ4v) is 2.28. The Kier molecular flexibility index (Phi) is 7.49. The van der Waals surface area contributed by atoms with Gasteiger partial charge in [0.25, 0.3) is 0 Å². The largest absolute Gasteiger partial charge is 0.463 e. The van der Waals surface area contributed by atoms with Crippen LogP contribution in [-0.2, 0) is 42.9 Å². The Morgan fingerprint density at radius 3 is 2.16 bits per heavy atom. The van der Waals surface area contributed by atoms with Crippen molar-refractivity contribution in [2.24, 2.45) is 0 Å². The first-order valence-corrected chi connectivity index (χ1v) is 7.39.